The molecular weight excluding hydrogens is 274 g/mol. The summed E-state index contributed by atoms with van der Waals surface area (Å²) in [5.41, 5.74) is 2.78. The molecule has 21 heavy (non-hydrogen) atoms. The Bertz CT molecular complexity index is 513. The van der Waals surface area contributed by atoms with Gasteiger partial charge < -0.3 is 5.32 Å². The maximum atomic E-state index is 3.80. The molecule has 0 fully saturated rings. The molecule has 0 radical (unpaired) electrons. The number of hydrogen-bond acceptors (Lipinski definition) is 2. The largest absolute Gasteiger partial charge is 0.303 e. The van der Waals surface area contributed by atoms with Crippen LogP contribution in [0.3, 0.4) is 0 Å². The van der Waals surface area contributed by atoms with Gasteiger partial charge in [0.15, 0.2) is 0 Å². The average molecular weight is 301 g/mol. The first-order valence-corrected chi connectivity index (χ1v) is 8.89. The van der Waals surface area contributed by atoms with Crippen LogP contribution in [-0.2, 0) is 0 Å². The Morgan fingerprint density at radius 2 is 1.67 bits per heavy atom. The van der Waals surface area contributed by atoms with Gasteiger partial charge in [-0.25, -0.2) is 0 Å². The smallest absolute Gasteiger partial charge is 0.0419 e. The quantitative estimate of drug-likeness (QED) is 0.655. The molecule has 2 atom stereocenters. The highest BCUT2D eigenvalue weighted by Gasteiger charge is 2.15. The normalized spacial score (nSPS) is 14.3. The zero-order valence-electron chi connectivity index (χ0n) is 13.6. The number of nitrogens with one attached hydrogen (secondary N) is 1. The van der Waals surface area contributed by atoms with Crippen molar-refractivity contribution in [3.05, 3.63) is 57.8 Å². The van der Waals surface area contributed by atoms with Crippen molar-refractivity contribution in [1.29, 1.82) is 0 Å². The van der Waals surface area contributed by atoms with Crippen LogP contribution in [0.25, 0.3) is 0 Å². The van der Waals surface area contributed by atoms with E-state index in [1.165, 1.54) is 28.8 Å². The molecular formula is C19H27NS. The summed E-state index contributed by atoms with van der Waals surface area (Å²) >= 11 is 1.85. The molecule has 1 N–H and O–H groups in total. The van der Waals surface area contributed by atoms with E-state index in [9.17, 15) is 0 Å². The van der Waals surface area contributed by atoms with Gasteiger partial charge in [-0.2, -0.15) is 0 Å². The molecule has 1 heterocycles. The van der Waals surface area contributed by atoms with E-state index in [1.54, 1.807) is 0 Å². The van der Waals surface area contributed by atoms with Crippen molar-refractivity contribution in [1.82, 2.24) is 5.32 Å². The number of benzene rings is 1. The molecule has 114 valence electrons. The number of hydrogen-bond donors (Lipinski definition) is 1. The predicted molar refractivity (Wildman–Crippen MR) is 94.0 cm³/mol. The molecule has 0 spiro atoms. The molecule has 2 aromatic rings. The molecule has 2 unspecified atom stereocenters. The fourth-order valence-electron chi connectivity index (χ4n) is 2.65. The molecule has 0 saturated carbocycles. The first-order valence-electron chi connectivity index (χ1n) is 8.01. The SMILES string of the molecule is CCCC(NC(C)c1ccc(C(C)C)cc1)c1cccs1. The molecule has 1 aromatic heterocycles. The minimum Gasteiger partial charge on any atom is -0.303 e. The summed E-state index contributed by atoms with van der Waals surface area (Å²) in [4.78, 5) is 1.45. The van der Waals surface area contributed by atoms with Crippen LogP contribution in [0.1, 0.15) is 74.5 Å². The van der Waals surface area contributed by atoms with Gasteiger partial charge in [0, 0.05) is 17.0 Å². The first kappa shape index (κ1) is 16.3. The Kier molecular flexibility index (Phi) is 6.01. The fourth-order valence-corrected chi connectivity index (χ4v) is 3.48. The van der Waals surface area contributed by atoms with Crippen molar-refractivity contribution < 1.29 is 0 Å². The maximum Gasteiger partial charge on any atom is 0.0419 e. The van der Waals surface area contributed by atoms with E-state index in [0.717, 1.165) is 0 Å². The lowest BCUT2D eigenvalue weighted by molar-refractivity contribution is 0.445. The summed E-state index contributed by atoms with van der Waals surface area (Å²) in [5, 5.41) is 5.96. The highest BCUT2D eigenvalue weighted by molar-refractivity contribution is 7.10. The monoisotopic (exact) mass is 301 g/mol. The van der Waals surface area contributed by atoms with Crippen LogP contribution >= 0.6 is 11.3 Å². The first-order chi connectivity index (χ1) is 10.1. The summed E-state index contributed by atoms with van der Waals surface area (Å²) in [5.74, 6) is 0.598. The zero-order valence-corrected chi connectivity index (χ0v) is 14.4. The second kappa shape index (κ2) is 7.77. The third kappa shape index (κ3) is 4.42. The van der Waals surface area contributed by atoms with E-state index in [0.29, 0.717) is 18.0 Å². The Labute approximate surface area is 133 Å². The second-order valence-electron chi connectivity index (χ2n) is 6.07. The fraction of sp³-hybridized carbons (Fsp3) is 0.474. The Balaban J connectivity index is 2.06. The van der Waals surface area contributed by atoms with Crippen molar-refractivity contribution in [3.8, 4) is 0 Å². The van der Waals surface area contributed by atoms with E-state index < -0.39 is 0 Å². The molecule has 0 saturated heterocycles. The highest BCUT2D eigenvalue weighted by Crippen LogP contribution is 2.27. The van der Waals surface area contributed by atoms with Gasteiger partial charge in [0.25, 0.3) is 0 Å². The Morgan fingerprint density at radius 3 is 2.19 bits per heavy atom. The van der Waals surface area contributed by atoms with Gasteiger partial charge >= 0.3 is 0 Å². The summed E-state index contributed by atoms with van der Waals surface area (Å²) in [6, 6.07) is 14.3. The van der Waals surface area contributed by atoms with Crippen molar-refractivity contribution in [2.75, 3.05) is 0 Å². The van der Waals surface area contributed by atoms with Crippen molar-refractivity contribution in [3.63, 3.8) is 0 Å². The lowest BCUT2D eigenvalue weighted by Crippen LogP contribution is -2.24. The lowest BCUT2D eigenvalue weighted by Gasteiger charge is -2.23. The summed E-state index contributed by atoms with van der Waals surface area (Å²) in [6.07, 6.45) is 2.39. The summed E-state index contributed by atoms with van der Waals surface area (Å²) in [6.45, 7) is 9.00. The van der Waals surface area contributed by atoms with Crippen LogP contribution < -0.4 is 5.32 Å². The van der Waals surface area contributed by atoms with E-state index in [2.05, 4.69) is 74.8 Å². The standard InChI is InChI=1S/C19H27NS/c1-5-7-18(19-8-6-13-21-19)20-15(4)17-11-9-16(10-12-17)14(2)3/h6,8-15,18,20H,5,7H2,1-4H3. The number of rotatable bonds is 7. The lowest BCUT2D eigenvalue weighted by atomic mass is 9.99. The van der Waals surface area contributed by atoms with Gasteiger partial charge in [-0.1, -0.05) is 57.5 Å². The molecule has 1 aromatic carbocycles. The maximum absolute atomic E-state index is 3.80. The van der Waals surface area contributed by atoms with E-state index >= 15 is 0 Å². The van der Waals surface area contributed by atoms with Crippen LogP contribution in [-0.4, -0.2) is 0 Å². The summed E-state index contributed by atoms with van der Waals surface area (Å²) in [7, 11) is 0. The Hall–Kier alpha value is -1.12. The van der Waals surface area contributed by atoms with Crippen molar-refractivity contribution in [2.45, 2.75) is 58.5 Å². The summed E-state index contributed by atoms with van der Waals surface area (Å²) < 4.78 is 0. The third-order valence-electron chi connectivity index (χ3n) is 4.02. The van der Waals surface area contributed by atoms with Gasteiger partial charge in [-0.05, 0) is 41.8 Å². The Morgan fingerprint density at radius 1 is 1.00 bits per heavy atom. The zero-order chi connectivity index (χ0) is 15.2. The van der Waals surface area contributed by atoms with E-state index in [1.807, 2.05) is 11.3 Å². The van der Waals surface area contributed by atoms with E-state index in [-0.39, 0.29) is 0 Å². The van der Waals surface area contributed by atoms with E-state index in [4.69, 9.17) is 0 Å². The van der Waals surface area contributed by atoms with Gasteiger partial charge in [0.2, 0.25) is 0 Å². The molecule has 2 heteroatoms. The molecule has 1 nitrogen and oxygen atoms in total. The van der Waals surface area contributed by atoms with Crippen LogP contribution in [0.5, 0.6) is 0 Å². The average Bonchev–Trinajstić information content (AvgIpc) is 3.01. The predicted octanol–water partition coefficient (Wildman–Crippen LogP) is 6.06. The number of thiophene rings is 1. The van der Waals surface area contributed by atoms with Crippen LogP contribution in [0.15, 0.2) is 41.8 Å². The van der Waals surface area contributed by atoms with Crippen LogP contribution in [0, 0.1) is 0 Å². The van der Waals surface area contributed by atoms with Gasteiger partial charge in [-0.15, -0.1) is 11.3 Å². The topological polar surface area (TPSA) is 12.0 Å². The molecule has 0 bridgehead atoms. The highest BCUT2D eigenvalue weighted by atomic mass is 32.1. The molecule has 0 aliphatic carbocycles. The molecule has 0 amide bonds. The van der Waals surface area contributed by atoms with Gasteiger partial charge in [0.1, 0.15) is 0 Å². The van der Waals surface area contributed by atoms with Crippen molar-refractivity contribution in [2.24, 2.45) is 0 Å². The molecule has 2 rings (SSSR count). The van der Waals surface area contributed by atoms with Crippen LogP contribution in [0.2, 0.25) is 0 Å². The third-order valence-corrected chi connectivity index (χ3v) is 5.00. The van der Waals surface area contributed by atoms with Crippen molar-refractivity contribution >= 4 is 11.3 Å². The second-order valence-corrected chi connectivity index (χ2v) is 7.05. The van der Waals surface area contributed by atoms with Crippen LogP contribution in [0.4, 0.5) is 0 Å². The minimum atomic E-state index is 0.380. The van der Waals surface area contributed by atoms with Gasteiger partial charge in [0.05, 0.1) is 0 Å². The van der Waals surface area contributed by atoms with Gasteiger partial charge in [-0.3, -0.25) is 0 Å². The minimum absolute atomic E-state index is 0.380. The molecule has 0 aliphatic heterocycles. The molecule has 0 aliphatic rings.